The average molecular weight is 457 g/mol. The van der Waals surface area contributed by atoms with Gasteiger partial charge in [0.1, 0.15) is 5.82 Å². The third-order valence-corrected chi connectivity index (χ3v) is 7.19. The molecule has 0 bridgehead atoms. The Labute approximate surface area is 194 Å². The summed E-state index contributed by atoms with van der Waals surface area (Å²) in [5.41, 5.74) is 2.10. The molecule has 2 aliphatic rings. The Bertz CT molecular complexity index is 1030. The lowest BCUT2D eigenvalue weighted by Gasteiger charge is -2.35. The zero-order valence-corrected chi connectivity index (χ0v) is 19.3. The van der Waals surface area contributed by atoms with Crippen LogP contribution >= 0.6 is 23.9 Å². The second kappa shape index (κ2) is 9.98. The molecule has 1 aromatic heterocycles. The number of hydrogen-bond donors (Lipinski definition) is 0. The lowest BCUT2D eigenvalue weighted by atomic mass is 9.99. The first-order valence-corrected chi connectivity index (χ1v) is 11.8. The fourth-order valence-electron chi connectivity index (χ4n) is 4.61. The molecule has 1 fully saturated rings. The predicted molar refractivity (Wildman–Crippen MR) is 131 cm³/mol. The standard InChI is InChI=1S/C24H28N4OS.ClH/c29-24-20-8-2-1-7-19(20)11-14-28(24)13-6-5-12-26-15-17-27(18-16-26)23-21-9-3-4-10-22(21)30-25-23;/h1-4,7-10H,5-6,11-18H2;1H. The van der Waals surface area contributed by atoms with E-state index in [1.165, 1.54) is 15.6 Å². The summed E-state index contributed by atoms with van der Waals surface area (Å²) < 4.78 is 5.97. The van der Waals surface area contributed by atoms with Crippen LogP contribution in [-0.2, 0) is 6.42 Å². The van der Waals surface area contributed by atoms with Crippen molar-refractivity contribution in [1.82, 2.24) is 14.2 Å². The first kappa shape index (κ1) is 22.1. The monoisotopic (exact) mass is 456 g/mol. The Morgan fingerprint density at radius 3 is 2.48 bits per heavy atom. The van der Waals surface area contributed by atoms with Crippen molar-refractivity contribution in [1.29, 1.82) is 0 Å². The number of unbranched alkanes of at least 4 members (excludes halogenated alkanes) is 1. The third-order valence-electron chi connectivity index (χ3n) is 6.37. The van der Waals surface area contributed by atoms with Crippen molar-refractivity contribution in [3.05, 3.63) is 59.7 Å². The van der Waals surface area contributed by atoms with Crippen molar-refractivity contribution < 1.29 is 4.79 Å². The van der Waals surface area contributed by atoms with Crippen LogP contribution in [0.1, 0.15) is 28.8 Å². The largest absolute Gasteiger partial charge is 0.353 e. The molecule has 164 valence electrons. The lowest BCUT2D eigenvalue weighted by molar-refractivity contribution is 0.0735. The quantitative estimate of drug-likeness (QED) is 0.518. The maximum Gasteiger partial charge on any atom is 0.254 e. The van der Waals surface area contributed by atoms with Gasteiger partial charge in [-0.25, -0.2) is 0 Å². The van der Waals surface area contributed by atoms with Crippen molar-refractivity contribution in [2.24, 2.45) is 0 Å². The Kier molecular flexibility index (Phi) is 7.10. The number of amides is 1. The van der Waals surface area contributed by atoms with E-state index in [9.17, 15) is 4.79 Å². The van der Waals surface area contributed by atoms with Crippen LogP contribution < -0.4 is 4.90 Å². The van der Waals surface area contributed by atoms with Crippen LogP contribution in [-0.4, -0.2) is 65.9 Å². The Morgan fingerprint density at radius 1 is 0.871 bits per heavy atom. The molecule has 0 N–H and O–H groups in total. The summed E-state index contributed by atoms with van der Waals surface area (Å²) in [6, 6.07) is 16.6. The Hall–Kier alpha value is -2.15. The molecule has 3 aromatic rings. The average Bonchev–Trinajstić information content (AvgIpc) is 3.23. The van der Waals surface area contributed by atoms with Gasteiger partial charge in [0.25, 0.3) is 5.91 Å². The van der Waals surface area contributed by atoms with E-state index in [-0.39, 0.29) is 18.3 Å². The van der Waals surface area contributed by atoms with Gasteiger partial charge in [0.2, 0.25) is 0 Å². The van der Waals surface area contributed by atoms with E-state index in [0.29, 0.717) is 0 Å². The second-order valence-corrected chi connectivity index (χ2v) is 9.04. The smallest absolute Gasteiger partial charge is 0.254 e. The second-order valence-electron chi connectivity index (χ2n) is 8.24. The Balaban J connectivity index is 0.00000231. The van der Waals surface area contributed by atoms with Gasteiger partial charge in [-0.1, -0.05) is 30.3 Å². The number of nitrogens with zero attached hydrogens (tertiary/aromatic N) is 4. The maximum atomic E-state index is 12.7. The molecule has 0 spiro atoms. The zero-order valence-electron chi connectivity index (χ0n) is 17.7. The molecule has 0 unspecified atom stereocenters. The van der Waals surface area contributed by atoms with Gasteiger partial charge in [-0.05, 0) is 61.1 Å². The minimum Gasteiger partial charge on any atom is -0.353 e. The van der Waals surface area contributed by atoms with E-state index in [4.69, 9.17) is 4.37 Å². The van der Waals surface area contributed by atoms with Crippen LogP contribution in [0, 0.1) is 0 Å². The summed E-state index contributed by atoms with van der Waals surface area (Å²) >= 11 is 1.60. The van der Waals surface area contributed by atoms with E-state index in [1.54, 1.807) is 11.5 Å². The van der Waals surface area contributed by atoms with Crippen LogP contribution in [0.3, 0.4) is 0 Å². The van der Waals surface area contributed by atoms with Crippen molar-refractivity contribution in [2.75, 3.05) is 50.7 Å². The summed E-state index contributed by atoms with van der Waals surface area (Å²) in [6.45, 7) is 7.09. The van der Waals surface area contributed by atoms with Gasteiger partial charge in [-0.15, -0.1) is 12.4 Å². The fourth-order valence-corrected chi connectivity index (χ4v) is 5.41. The number of carbonyl (C=O) groups is 1. The maximum absolute atomic E-state index is 12.7. The number of benzene rings is 2. The molecule has 0 saturated carbocycles. The normalized spacial score (nSPS) is 17.0. The van der Waals surface area contributed by atoms with Gasteiger partial charge in [-0.2, -0.15) is 4.37 Å². The number of rotatable bonds is 6. The van der Waals surface area contributed by atoms with Gasteiger partial charge in [0.05, 0.1) is 4.70 Å². The highest BCUT2D eigenvalue weighted by Gasteiger charge is 2.24. The number of anilines is 1. The minimum atomic E-state index is 0. The Morgan fingerprint density at radius 2 is 1.61 bits per heavy atom. The molecule has 2 aliphatic heterocycles. The highest BCUT2D eigenvalue weighted by Crippen LogP contribution is 2.29. The lowest BCUT2D eigenvalue weighted by Crippen LogP contribution is -2.47. The number of fused-ring (bicyclic) bond motifs is 2. The van der Waals surface area contributed by atoms with E-state index < -0.39 is 0 Å². The SMILES string of the molecule is Cl.O=C1c2ccccc2CCN1CCCCN1CCN(c2nsc3ccccc23)CC1. The van der Waals surface area contributed by atoms with Crippen molar-refractivity contribution in [3.8, 4) is 0 Å². The number of piperazine rings is 1. The molecule has 0 aliphatic carbocycles. The highest BCUT2D eigenvalue weighted by molar-refractivity contribution is 7.13. The van der Waals surface area contributed by atoms with Crippen LogP contribution in [0.5, 0.6) is 0 Å². The van der Waals surface area contributed by atoms with E-state index in [2.05, 4.69) is 40.1 Å². The van der Waals surface area contributed by atoms with Crippen LogP contribution in [0.15, 0.2) is 48.5 Å². The highest BCUT2D eigenvalue weighted by atomic mass is 35.5. The summed E-state index contributed by atoms with van der Waals surface area (Å²) in [4.78, 5) is 19.7. The van der Waals surface area contributed by atoms with Crippen molar-refractivity contribution >= 4 is 45.8 Å². The van der Waals surface area contributed by atoms with Crippen LogP contribution in [0.2, 0.25) is 0 Å². The number of hydrogen-bond acceptors (Lipinski definition) is 5. The third kappa shape index (κ3) is 4.71. The van der Waals surface area contributed by atoms with E-state index in [1.807, 2.05) is 23.1 Å². The molecule has 7 heteroatoms. The summed E-state index contributed by atoms with van der Waals surface area (Å²) in [6.07, 6.45) is 3.20. The molecule has 1 saturated heterocycles. The zero-order chi connectivity index (χ0) is 20.3. The molecule has 0 atom stereocenters. The van der Waals surface area contributed by atoms with Crippen molar-refractivity contribution in [2.45, 2.75) is 19.3 Å². The fraction of sp³-hybridized carbons (Fsp3) is 0.417. The molecule has 0 radical (unpaired) electrons. The van der Waals surface area contributed by atoms with Gasteiger partial charge >= 0.3 is 0 Å². The van der Waals surface area contributed by atoms with E-state index in [0.717, 1.165) is 76.5 Å². The van der Waals surface area contributed by atoms with Gasteiger partial charge < -0.3 is 9.80 Å². The molecular weight excluding hydrogens is 428 g/mol. The van der Waals surface area contributed by atoms with Crippen LogP contribution in [0.25, 0.3) is 10.1 Å². The molecular formula is C24H29ClN4OS. The molecule has 3 heterocycles. The topological polar surface area (TPSA) is 39.7 Å². The summed E-state index contributed by atoms with van der Waals surface area (Å²) in [5.74, 6) is 1.36. The minimum absolute atomic E-state index is 0. The molecule has 5 nitrogen and oxygen atoms in total. The molecule has 5 rings (SSSR count). The van der Waals surface area contributed by atoms with Gasteiger partial charge in [0, 0.05) is 50.2 Å². The van der Waals surface area contributed by atoms with Gasteiger partial charge in [-0.3, -0.25) is 9.69 Å². The molecule has 1 amide bonds. The number of halogens is 1. The molecule has 2 aromatic carbocycles. The summed E-state index contributed by atoms with van der Waals surface area (Å²) in [5, 5.41) is 1.28. The van der Waals surface area contributed by atoms with E-state index >= 15 is 0 Å². The van der Waals surface area contributed by atoms with Gasteiger partial charge in [0.15, 0.2) is 0 Å². The first-order chi connectivity index (χ1) is 14.8. The number of aromatic nitrogens is 1. The first-order valence-electron chi connectivity index (χ1n) is 11.0. The van der Waals surface area contributed by atoms with Crippen molar-refractivity contribution in [3.63, 3.8) is 0 Å². The summed E-state index contributed by atoms with van der Waals surface area (Å²) in [7, 11) is 0. The predicted octanol–water partition coefficient (Wildman–Crippen LogP) is 4.32. The molecule has 31 heavy (non-hydrogen) atoms. The van der Waals surface area contributed by atoms with Crippen LogP contribution in [0.4, 0.5) is 5.82 Å². The number of carbonyl (C=O) groups excluding carboxylic acids is 1.